The molecule has 1 aliphatic heterocycles. The van der Waals surface area contributed by atoms with Crippen molar-refractivity contribution in [3.05, 3.63) is 42.2 Å². The molecule has 0 radical (unpaired) electrons. The zero-order valence-corrected chi connectivity index (χ0v) is 17.1. The van der Waals surface area contributed by atoms with Crippen LogP contribution in [0.25, 0.3) is 11.1 Å². The molecule has 1 saturated heterocycles. The van der Waals surface area contributed by atoms with E-state index in [1.165, 1.54) is 30.3 Å². The number of halogens is 1. The largest absolute Gasteiger partial charge is 0.506 e. The quantitative estimate of drug-likeness (QED) is 0.628. The minimum absolute atomic E-state index is 0.0225. The van der Waals surface area contributed by atoms with Gasteiger partial charge in [-0.05, 0) is 42.7 Å². The molecule has 0 bridgehead atoms. The number of anilines is 2. The maximum Gasteiger partial charge on any atom is 0.326 e. The zero-order valence-electron chi connectivity index (χ0n) is 15.5. The lowest BCUT2D eigenvalue weighted by Gasteiger charge is -2.25. The Hall–Kier alpha value is -2.86. The standard InChI is InChI=1S/C18H18FN3O6S2/c19-17-14(8-9-15(23)18(17)22-10-16(24)21-30(22,27)28)11-4-6-12(7-5-11)20-29(25,26)13-2-1-3-13/h4-9,13,20,23H,1-3,10H2,(H,21,24). The van der Waals surface area contributed by atoms with Gasteiger partial charge in [0.2, 0.25) is 10.0 Å². The molecule has 0 spiro atoms. The molecule has 0 aromatic heterocycles. The third-order valence-electron chi connectivity index (χ3n) is 5.11. The molecule has 3 N–H and O–H groups in total. The van der Waals surface area contributed by atoms with Crippen LogP contribution < -0.4 is 13.7 Å². The van der Waals surface area contributed by atoms with Crippen LogP contribution in [0.2, 0.25) is 0 Å². The molecule has 0 atom stereocenters. The Labute approximate surface area is 172 Å². The number of phenols is 1. The number of sulfonamides is 1. The van der Waals surface area contributed by atoms with Gasteiger partial charge in [0, 0.05) is 11.3 Å². The van der Waals surface area contributed by atoms with Crippen LogP contribution in [0.15, 0.2) is 36.4 Å². The summed E-state index contributed by atoms with van der Waals surface area (Å²) in [6.07, 6.45) is 2.11. The third-order valence-corrected chi connectivity index (χ3v) is 8.36. The van der Waals surface area contributed by atoms with Gasteiger partial charge in [0.25, 0.3) is 5.91 Å². The highest BCUT2D eigenvalue weighted by atomic mass is 32.2. The molecule has 2 aromatic rings. The smallest absolute Gasteiger partial charge is 0.326 e. The molecule has 9 nitrogen and oxygen atoms in total. The molecule has 30 heavy (non-hydrogen) atoms. The summed E-state index contributed by atoms with van der Waals surface area (Å²) in [6, 6.07) is 8.27. The number of carbonyl (C=O) groups excluding carboxylic acids is 1. The topological polar surface area (TPSA) is 133 Å². The molecular weight excluding hydrogens is 437 g/mol. The van der Waals surface area contributed by atoms with E-state index in [4.69, 9.17) is 0 Å². The monoisotopic (exact) mass is 455 g/mol. The van der Waals surface area contributed by atoms with Crippen molar-refractivity contribution in [2.45, 2.75) is 24.5 Å². The maximum atomic E-state index is 15.2. The number of amides is 1. The highest BCUT2D eigenvalue weighted by Crippen LogP contribution is 2.39. The van der Waals surface area contributed by atoms with Gasteiger partial charge in [0.1, 0.15) is 18.0 Å². The summed E-state index contributed by atoms with van der Waals surface area (Å²) in [7, 11) is -7.78. The Balaban J connectivity index is 1.66. The minimum atomic E-state index is -4.31. The molecule has 1 amide bonds. The lowest BCUT2D eigenvalue weighted by Crippen LogP contribution is -2.33. The van der Waals surface area contributed by atoms with Gasteiger partial charge in [0.15, 0.2) is 5.82 Å². The first-order chi connectivity index (χ1) is 14.1. The van der Waals surface area contributed by atoms with Crippen molar-refractivity contribution in [3.8, 4) is 16.9 Å². The summed E-state index contributed by atoms with van der Waals surface area (Å²) in [5, 5.41) is 9.62. The van der Waals surface area contributed by atoms with E-state index in [0.29, 0.717) is 28.4 Å². The fraction of sp³-hybridized carbons (Fsp3) is 0.278. The number of nitrogens with one attached hydrogen (secondary N) is 2. The number of carbonyl (C=O) groups is 1. The average molecular weight is 455 g/mol. The lowest BCUT2D eigenvalue weighted by molar-refractivity contribution is -0.117. The Bertz CT molecular complexity index is 1230. The molecule has 2 fully saturated rings. The van der Waals surface area contributed by atoms with E-state index in [9.17, 15) is 26.7 Å². The molecule has 1 heterocycles. The molecule has 1 saturated carbocycles. The van der Waals surface area contributed by atoms with Crippen molar-refractivity contribution in [3.63, 3.8) is 0 Å². The second-order valence-electron chi connectivity index (χ2n) is 7.11. The molecule has 1 aliphatic carbocycles. The van der Waals surface area contributed by atoms with Gasteiger partial charge < -0.3 is 5.11 Å². The number of hydrogen-bond donors (Lipinski definition) is 3. The van der Waals surface area contributed by atoms with Crippen LogP contribution in [0, 0.1) is 5.82 Å². The van der Waals surface area contributed by atoms with Gasteiger partial charge >= 0.3 is 10.2 Å². The number of rotatable bonds is 5. The first-order valence-corrected chi connectivity index (χ1v) is 12.0. The molecular formula is C18H18FN3O6S2. The lowest BCUT2D eigenvalue weighted by atomic mass is 10.0. The van der Waals surface area contributed by atoms with E-state index < -0.39 is 55.2 Å². The minimum Gasteiger partial charge on any atom is -0.506 e. The van der Waals surface area contributed by atoms with Crippen molar-refractivity contribution >= 4 is 37.5 Å². The molecule has 0 unspecified atom stereocenters. The summed E-state index contributed by atoms with van der Waals surface area (Å²) in [4.78, 5) is 11.5. The molecule has 2 aromatic carbocycles. The van der Waals surface area contributed by atoms with E-state index >= 15 is 4.39 Å². The third kappa shape index (κ3) is 3.56. The van der Waals surface area contributed by atoms with Crippen LogP contribution in [0.4, 0.5) is 15.8 Å². The van der Waals surface area contributed by atoms with Crippen molar-refractivity contribution < 1.29 is 31.1 Å². The Morgan fingerprint density at radius 2 is 1.80 bits per heavy atom. The first-order valence-electron chi connectivity index (χ1n) is 9.05. The van der Waals surface area contributed by atoms with Gasteiger partial charge in [0.05, 0.1) is 5.25 Å². The van der Waals surface area contributed by atoms with Crippen molar-refractivity contribution in [1.82, 2.24) is 4.72 Å². The van der Waals surface area contributed by atoms with Crippen LogP contribution in [0.3, 0.4) is 0 Å². The number of hydrogen-bond acceptors (Lipinski definition) is 6. The van der Waals surface area contributed by atoms with Crippen LogP contribution in [-0.2, 0) is 25.0 Å². The molecule has 160 valence electrons. The Morgan fingerprint density at radius 3 is 2.33 bits per heavy atom. The Morgan fingerprint density at radius 1 is 1.13 bits per heavy atom. The van der Waals surface area contributed by atoms with Crippen LogP contribution in [-0.4, -0.2) is 39.6 Å². The predicted molar refractivity (Wildman–Crippen MR) is 108 cm³/mol. The van der Waals surface area contributed by atoms with Gasteiger partial charge in [-0.3, -0.25) is 9.52 Å². The molecule has 4 rings (SSSR count). The Kier molecular flexibility index (Phi) is 4.85. The summed E-state index contributed by atoms with van der Waals surface area (Å²) < 4.78 is 68.3. The number of phenolic OH excluding ortho intramolecular Hbond substituents is 1. The highest BCUT2D eigenvalue weighted by Gasteiger charge is 2.38. The van der Waals surface area contributed by atoms with Crippen LogP contribution in [0.5, 0.6) is 5.75 Å². The number of nitrogens with zero attached hydrogens (tertiary/aromatic N) is 1. The van der Waals surface area contributed by atoms with Crippen molar-refractivity contribution in [1.29, 1.82) is 0 Å². The molecule has 2 aliphatic rings. The van der Waals surface area contributed by atoms with E-state index in [-0.39, 0.29) is 5.56 Å². The van der Waals surface area contributed by atoms with Gasteiger partial charge in [-0.1, -0.05) is 18.6 Å². The highest BCUT2D eigenvalue weighted by molar-refractivity contribution is 7.93. The average Bonchev–Trinajstić information content (AvgIpc) is 2.86. The van der Waals surface area contributed by atoms with E-state index in [0.717, 1.165) is 12.5 Å². The van der Waals surface area contributed by atoms with Crippen LogP contribution >= 0.6 is 0 Å². The van der Waals surface area contributed by atoms with E-state index in [1.54, 1.807) is 4.72 Å². The van der Waals surface area contributed by atoms with Crippen LogP contribution in [0.1, 0.15) is 19.3 Å². The van der Waals surface area contributed by atoms with Crippen molar-refractivity contribution in [2.75, 3.05) is 15.6 Å². The summed E-state index contributed by atoms with van der Waals surface area (Å²) in [5.41, 5.74) is -0.00966. The van der Waals surface area contributed by atoms with E-state index in [2.05, 4.69) is 4.72 Å². The maximum absolute atomic E-state index is 15.2. The summed E-state index contributed by atoms with van der Waals surface area (Å²) >= 11 is 0. The number of aromatic hydroxyl groups is 1. The van der Waals surface area contributed by atoms with Crippen molar-refractivity contribution in [2.24, 2.45) is 0 Å². The predicted octanol–water partition coefficient (Wildman–Crippen LogP) is 1.67. The van der Waals surface area contributed by atoms with Gasteiger partial charge in [-0.15, -0.1) is 0 Å². The van der Waals surface area contributed by atoms with Gasteiger partial charge in [-0.25, -0.2) is 21.8 Å². The van der Waals surface area contributed by atoms with E-state index in [1.807, 2.05) is 0 Å². The normalized spacial score (nSPS) is 18.7. The summed E-state index contributed by atoms with van der Waals surface area (Å²) in [5.74, 6) is -2.51. The zero-order chi connectivity index (χ0) is 21.7. The van der Waals surface area contributed by atoms with Gasteiger partial charge in [-0.2, -0.15) is 8.42 Å². The second kappa shape index (κ2) is 7.13. The fourth-order valence-corrected chi connectivity index (χ4v) is 6.06. The molecule has 12 heteroatoms. The second-order valence-corrected chi connectivity index (χ2v) is 10.7. The fourth-order valence-electron chi connectivity index (χ4n) is 3.31. The summed E-state index contributed by atoms with van der Waals surface area (Å²) in [6.45, 7) is -0.655. The number of benzene rings is 2. The first kappa shape index (κ1) is 20.4. The SMILES string of the molecule is O=C1CN(c2c(O)ccc(-c3ccc(NS(=O)(=O)C4CCC4)cc3)c2F)S(=O)(=O)N1.